The Morgan fingerprint density at radius 1 is 1.38 bits per heavy atom. The zero-order valence-corrected chi connectivity index (χ0v) is 8.46. The monoisotopic (exact) mass is 214 g/mol. The molecule has 3 aromatic rings. The maximum absolute atomic E-state index is 5.69. The maximum atomic E-state index is 5.69. The highest BCUT2D eigenvalue weighted by molar-refractivity contribution is 5.78. The number of hydrogen-bond donors (Lipinski definition) is 2. The van der Waals surface area contributed by atoms with Crippen LogP contribution in [0.2, 0.25) is 0 Å². The van der Waals surface area contributed by atoms with Crippen molar-refractivity contribution in [2.24, 2.45) is 0 Å². The zero-order chi connectivity index (χ0) is 11.0. The molecule has 6 heteroatoms. The summed E-state index contributed by atoms with van der Waals surface area (Å²) in [5, 5.41) is 4.02. The van der Waals surface area contributed by atoms with Crippen molar-refractivity contribution in [1.82, 2.24) is 24.7 Å². The number of nitrogens with one attached hydrogen (secondary N) is 1. The molecule has 0 bridgehead atoms. The fraction of sp³-hybridized carbons (Fsp3) is 0.100. The number of nitrogens with two attached hydrogens (primary N) is 1. The lowest BCUT2D eigenvalue weighted by molar-refractivity contribution is 0.661. The van der Waals surface area contributed by atoms with Gasteiger partial charge in [-0.15, -0.1) is 0 Å². The normalized spacial score (nSPS) is 11.0. The lowest BCUT2D eigenvalue weighted by atomic mass is 10.3. The summed E-state index contributed by atoms with van der Waals surface area (Å²) < 4.78 is 1.71. The minimum Gasteiger partial charge on any atom is -0.399 e. The van der Waals surface area contributed by atoms with Crippen LogP contribution in [0, 0.1) is 0 Å². The van der Waals surface area contributed by atoms with E-state index in [1.165, 1.54) is 6.33 Å². The van der Waals surface area contributed by atoms with Gasteiger partial charge in [0.25, 0.3) is 0 Å². The van der Waals surface area contributed by atoms with E-state index in [0.717, 1.165) is 22.5 Å². The molecule has 16 heavy (non-hydrogen) atoms. The van der Waals surface area contributed by atoms with E-state index < -0.39 is 0 Å². The van der Waals surface area contributed by atoms with Gasteiger partial charge in [0.2, 0.25) is 0 Å². The number of anilines is 1. The van der Waals surface area contributed by atoms with Crippen molar-refractivity contribution < 1.29 is 0 Å². The molecule has 3 N–H and O–H groups in total. The molecule has 1 aromatic carbocycles. The minimum atomic E-state index is 0.578. The van der Waals surface area contributed by atoms with Gasteiger partial charge in [0, 0.05) is 5.69 Å². The van der Waals surface area contributed by atoms with Crippen molar-refractivity contribution in [3.8, 4) is 0 Å². The summed E-state index contributed by atoms with van der Waals surface area (Å²) in [7, 11) is 0. The second kappa shape index (κ2) is 3.34. The van der Waals surface area contributed by atoms with E-state index in [1.807, 2.05) is 18.2 Å². The number of aromatic nitrogens is 5. The van der Waals surface area contributed by atoms with Crippen LogP contribution in [0.4, 0.5) is 5.69 Å². The van der Waals surface area contributed by atoms with Crippen LogP contribution in [0.5, 0.6) is 0 Å². The third-order valence-electron chi connectivity index (χ3n) is 2.33. The second-order valence-electron chi connectivity index (χ2n) is 3.55. The van der Waals surface area contributed by atoms with Gasteiger partial charge in [0.05, 0.1) is 11.0 Å². The Kier molecular flexibility index (Phi) is 1.86. The van der Waals surface area contributed by atoms with Gasteiger partial charge in [-0.25, -0.2) is 14.6 Å². The molecule has 0 saturated heterocycles. The molecule has 0 saturated carbocycles. The predicted octanol–water partition coefficient (Wildman–Crippen LogP) is 0.785. The van der Waals surface area contributed by atoms with E-state index in [0.29, 0.717) is 6.54 Å². The Balaban J connectivity index is 1.99. The summed E-state index contributed by atoms with van der Waals surface area (Å²) in [6.45, 7) is 0.578. The number of aromatic amines is 1. The quantitative estimate of drug-likeness (QED) is 0.617. The molecule has 0 radical (unpaired) electrons. The third kappa shape index (κ3) is 1.50. The lowest BCUT2D eigenvalue weighted by Crippen LogP contribution is -2.01. The zero-order valence-electron chi connectivity index (χ0n) is 8.46. The first kappa shape index (κ1) is 8.90. The first-order chi connectivity index (χ1) is 7.81. The highest BCUT2D eigenvalue weighted by Gasteiger charge is 2.03. The second-order valence-corrected chi connectivity index (χ2v) is 3.55. The van der Waals surface area contributed by atoms with Gasteiger partial charge < -0.3 is 10.7 Å². The van der Waals surface area contributed by atoms with Crippen molar-refractivity contribution in [2.75, 3.05) is 5.73 Å². The smallest absolute Gasteiger partial charge is 0.137 e. The molecule has 3 rings (SSSR count). The molecule has 2 heterocycles. The molecule has 0 aliphatic heterocycles. The molecule has 2 aromatic heterocycles. The van der Waals surface area contributed by atoms with Gasteiger partial charge in [-0.1, -0.05) is 0 Å². The molecule has 0 atom stereocenters. The number of imidazole rings is 1. The Morgan fingerprint density at radius 2 is 2.31 bits per heavy atom. The fourth-order valence-electron chi connectivity index (χ4n) is 1.62. The Labute approximate surface area is 91.1 Å². The van der Waals surface area contributed by atoms with Gasteiger partial charge in [0.15, 0.2) is 0 Å². The first-order valence-electron chi connectivity index (χ1n) is 4.88. The van der Waals surface area contributed by atoms with E-state index in [-0.39, 0.29) is 0 Å². The van der Waals surface area contributed by atoms with E-state index in [4.69, 9.17) is 5.73 Å². The number of nitrogens with zero attached hydrogens (tertiary/aromatic N) is 4. The average Bonchev–Trinajstić information content (AvgIpc) is 2.86. The van der Waals surface area contributed by atoms with Crippen LogP contribution in [-0.4, -0.2) is 24.7 Å². The molecular weight excluding hydrogens is 204 g/mol. The highest BCUT2D eigenvalue weighted by atomic mass is 15.3. The van der Waals surface area contributed by atoms with E-state index >= 15 is 0 Å². The van der Waals surface area contributed by atoms with Gasteiger partial charge in [-0.05, 0) is 18.2 Å². The number of benzene rings is 1. The van der Waals surface area contributed by atoms with Crippen LogP contribution in [0.1, 0.15) is 5.82 Å². The standard InChI is InChI=1S/C10H10N6/c11-7-1-2-8-9(3-7)15-10(14-8)4-16-6-12-5-13-16/h1-3,5-6H,4,11H2,(H,14,15). The summed E-state index contributed by atoms with van der Waals surface area (Å²) in [5.74, 6) is 0.839. The summed E-state index contributed by atoms with van der Waals surface area (Å²) >= 11 is 0. The number of rotatable bonds is 2. The Hall–Kier alpha value is -2.37. The maximum Gasteiger partial charge on any atom is 0.137 e. The van der Waals surface area contributed by atoms with Crippen LogP contribution in [0.15, 0.2) is 30.9 Å². The number of fused-ring (bicyclic) bond motifs is 1. The van der Waals surface area contributed by atoms with E-state index in [9.17, 15) is 0 Å². The predicted molar refractivity (Wildman–Crippen MR) is 59.6 cm³/mol. The highest BCUT2D eigenvalue weighted by Crippen LogP contribution is 2.15. The number of H-pyrrole nitrogens is 1. The van der Waals surface area contributed by atoms with E-state index in [1.54, 1.807) is 11.0 Å². The van der Waals surface area contributed by atoms with Gasteiger partial charge in [-0.3, -0.25) is 0 Å². The van der Waals surface area contributed by atoms with Crippen molar-refractivity contribution >= 4 is 16.7 Å². The summed E-state index contributed by atoms with van der Waals surface area (Å²) in [5.41, 5.74) is 8.27. The van der Waals surface area contributed by atoms with Crippen molar-refractivity contribution in [3.05, 3.63) is 36.7 Å². The summed E-state index contributed by atoms with van der Waals surface area (Å²) in [6.07, 6.45) is 3.15. The van der Waals surface area contributed by atoms with Crippen molar-refractivity contribution in [1.29, 1.82) is 0 Å². The van der Waals surface area contributed by atoms with E-state index in [2.05, 4.69) is 20.1 Å². The van der Waals surface area contributed by atoms with Crippen LogP contribution < -0.4 is 5.73 Å². The lowest BCUT2D eigenvalue weighted by Gasteiger charge is -1.94. The molecule has 0 unspecified atom stereocenters. The van der Waals surface area contributed by atoms with Crippen LogP contribution in [-0.2, 0) is 6.54 Å². The Bertz CT molecular complexity index is 609. The molecule has 0 amide bonds. The van der Waals surface area contributed by atoms with Crippen molar-refractivity contribution in [2.45, 2.75) is 6.54 Å². The molecule has 80 valence electrons. The third-order valence-corrected chi connectivity index (χ3v) is 2.33. The van der Waals surface area contributed by atoms with Crippen LogP contribution in [0.3, 0.4) is 0 Å². The number of nitrogen functional groups attached to an aromatic ring is 1. The molecule has 6 nitrogen and oxygen atoms in total. The average molecular weight is 214 g/mol. The number of hydrogen-bond acceptors (Lipinski definition) is 4. The van der Waals surface area contributed by atoms with Crippen molar-refractivity contribution in [3.63, 3.8) is 0 Å². The molecule has 0 spiro atoms. The molecular formula is C10H10N6. The van der Waals surface area contributed by atoms with Gasteiger partial charge in [0.1, 0.15) is 25.0 Å². The minimum absolute atomic E-state index is 0.578. The molecule has 0 fully saturated rings. The SMILES string of the molecule is Nc1ccc2nc(Cn3cncn3)[nH]c2c1. The first-order valence-corrected chi connectivity index (χ1v) is 4.88. The fourth-order valence-corrected chi connectivity index (χ4v) is 1.62. The topological polar surface area (TPSA) is 85.4 Å². The summed E-state index contributed by atoms with van der Waals surface area (Å²) in [4.78, 5) is 11.5. The van der Waals surface area contributed by atoms with Crippen LogP contribution >= 0.6 is 0 Å². The molecule has 0 aliphatic carbocycles. The Morgan fingerprint density at radius 3 is 3.12 bits per heavy atom. The molecule has 0 aliphatic rings. The van der Waals surface area contributed by atoms with Gasteiger partial charge in [-0.2, -0.15) is 5.10 Å². The summed E-state index contributed by atoms with van der Waals surface area (Å²) in [6, 6.07) is 5.60. The van der Waals surface area contributed by atoms with Crippen LogP contribution in [0.25, 0.3) is 11.0 Å². The largest absolute Gasteiger partial charge is 0.399 e. The van der Waals surface area contributed by atoms with Gasteiger partial charge >= 0.3 is 0 Å².